The Hall–Kier alpha value is -3.29. The van der Waals surface area contributed by atoms with Gasteiger partial charge < -0.3 is 19.7 Å². The van der Waals surface area contributed by atoms with E-state index in [0.29, 0.717) is 35.5 Å². The number of hydrogen-bond donors (Lipinski definition) is 2. The van der Waals surface area contributed by atoms with Crippen molar-refractivity contribution in [2.75, 3.05) is 13.2 Å². The summed E-state index contributed by atoms with van der Waals surface area (Å²) in [5.41, 5.74) is 1.98. The number of hydrogen-bond acceptors (Lipinski definition) is 5. The lowest BCUT2D eigenvalue weighted by molar-refractivity contribution is 0.106. The van der Waals surface area contributed by atoms with Gasteiger partial charge in [0.15, 0.2) is 5.76 Å². The van der Waals surface area contributed by atoms with Crippen LogP contribution in [0.3, 0.4) is 0 Å². The van der Waals surface area contributed by atoms with Gasteiger partial charge in [0.05, 0.1) is 0 Å². The second-order valence-electron chi connectivity index (χ2n) is 6.93. The van der Waals surface area contributed by atoms with Gasteiger partial charge in [-0.3, -0.25) is 0 Å². The van der Waals surface area contributed by atoms with Crippen molar-refractivity contribution in [3.05, 3.63) is 83.9 Å². The number of aliphatic hydroxyl groups excluding tert-OH is 1. The maximum atomic E-state index is 13.3. The second-order valence-corrected chi connectivity index (χ2v) is 6.93. The van der Waals surface area contributed by atoms with Gasteiger partial charge in [-0.2, -0.15) is 0 Å². The molecule has 0 spiro atoms. The molecule has 0 bridgehead atoms. The molecule has 1 aromatic heterocycles. The first kappa shape index (κ1) is 20.0. The fraction of sp³-hybridized carbons (Fsp3) is 0.174. The molecule has 0 saturated carbocycles. The quantitative estimate of drug-likeness (QED) is 0.453. The van der Waals surface area contributed by atoms with E-state index < -0.39 is 6.10 Å². The van der Waals surface area contributed by atoms with E-state index in [-0.39, 0.29) is 18.2 Å². The molecular formula is C23H20F2N2O3. The Balaban J connectivity index is 1.34. The highest BCUT2D eigenvalue weighted by Gasteiger charge is 2.13. The Labute approximate surface area is 171 Å². The first-order valence-electron chi connectivity index (χ1n) is 9.50. The summed E-state index contributed by atoms with van der Waals surface area (Å²) in [5.74, 6) is 0.415. The number of halogens is 2. The molecule has 0 aliphatic rings. The largest absolute Gasteiger partial charge is 0.491 e. The zero-order valence-corrected chi connectivity index (χ0v) is 16.0. The number of aliphatic hydroxyl groups is 1. The van der Waals surface area contributed by atoms with Gasteiger partial charge in [0, 0.05) is 30.1 Å². The summed E-state index contributed by atoms with van der Waals surface area (Å²) >= 11 is 0. The summed E-state index contributed by atoms with van der Waals surface area (Å²) in [7, 11) is 0. The van der Waals surface area contributed by atoms with Gasteiger partial charge in [0.25, 0.3) is 0 Å². The van der Waals surface area contributed by atoms with Gasteiger partial charge >= 0.3 is 0 Å². The van der Waals surface area contributed by atoms with Crippen molar-refractivity contribution in [2.45, 2.75) is 12.6 Å². The smallest absolute Gasteiger partial charge is 0.174 e. The molecule has 5 nitrogen and oxygen atoms in total. The van der Waals surface area contributed by atoms with E-state index in [0.717, 1.165) is 11.1 Å². The summed E-state index contributed by atoms with van der Waals surface area (Å²) in [6.45, 7) is 0.833. The predicted molar refractivity (Wildman–Crippen MR) is 109 cm³/mol. The second kappa shape index (κ2) is 9.02. The molecule has 0 unspecified atom stereocenters. The van der Waals surface area contributed by atoms with E-state index in [9.17, 15) is 13.9 Å². The Kier molecular flexibility index (Phi) is 6.02. The minimum absolute atomic E-state index is 0.0853. The van der Waals surface area contributed by atoms with Gasteiger partial charge in [-0.05, 0) is 42.0 Å². The molecule has 1 heterocycles. The van der Waals surface area contributed by atoms with E-state index in [1.807, 2.05) is 12.1 Å². The third kappa shape index (κ3) is 4.82. The summed E-state index contributed by atoms with van der Waals surface area (Å²) in [6, 6.07) is 17.8. The lowest BCUT2D eigenvalue weighted by Crippen LogP contribution is -2.31. The number of nitrogens with zero attached hydrogens (tertiary/aromatic N) is 1. The number of fused-ring (bicyclic) bond motifs is 1. The Morgan fingerprint density at radius 3 is 2.70 bits per heavy atom. The van der Waals surface area contributed by atoms with Gasteiger partial charge in [0.1, 0.15) is 35.6 Å². The third-order valence-electron chi connectivity index (χ3n) is 4.58. The van der Waals surface area contributed by atoms with Crippen LogP contribution in [0.25, 0.3) is 22.2 Å². The first-order chi connectivity index (χ1) is 14.6. The molecule has 154 valence electrons. The van der Waals surface area contributed by atoms with Gasteiger partial charge in [-0.15, -0.1) is 0 Å². The summed E-state index contributed by atoms with van der Waals surface area (Å²) in [6.07, 6.45) is -0.740. The third-order valence-corrected chi connectivity index (χ3v) is 4.58. The highest BCUT2D eigenvalue weighted by Crippen LogP contribution is 2.31. The van der Waals surface area contributed by atoms with Gasteiger partial charge in [-0.25, -0.2) is 8.78 Å². The van der Waals surface area contributed by atoms with Gasteiger partial charge in [0.2, 0.25) is 0 Å². The van der Waals surface area contributed by atoms with Crippen LogP contribution in [0.4, 0.5) is 8.78 Å². The predicted octanol–water partition coefficient (Wildman–Crippen LogP) is 4.30. The molecular weight excluding hydrogens is 390 g/mol. The number of aromatic nitrogens is 1. The maximum absolute atomic E-state index is 13.3. The fourth-order valence-corrected chi connectivity index (χ4v) is 3.13. The van der Waals surface area contributed by atoms with Crippen LogP contribution in [-0.2, 0) is 6.54 Å². The molecule has 1 atom stereocenters. The Bertz CT molecular complexity index is 1150. The van der Waals surface area contributed by atoms with Crippen LogP contribution >= 0.6 is 0 Å². The van der Waals surface area contributed by atoms with Crippen molar-refractivity contribution in [2.24, 2.45) is 0 Å². The standard InChI is InChI=1S/C23H20F2N2O3/c24-17-5-1-3-15(9-17)12-26-13-19(28)14-29-20-6-2-4-16(10-20)23-21-8-7-18(25)11-22(21)27-30-23/h1-11,19,26,28H,12-14H2/t19-/m1/s1. The summed E-state index contributed by atoms with van der Waals surface area (Å²) in [4.78, 5) is 0. The fourth-order valence-electron chi connectivity index (χ4n) is 3.13. The number of benzene rings is 3. The minimum Gasteiger partial charge on any atom is -0.491 e. The first-order valence-corrected chi connectivity index (χ1v) is 9.50. The average molecular weight is 410 g/mol. The van der Waals surface area contributed by atoms with Gasteiger partial charge in [-0.1, -0.05) is 29.4 Å². The SMILES string of the molecule is O[C@H](CNCc1cccc(F)c1)COc1cccc(-c2onc3cc(F)ccc23)c1. The van der Waals surface area contributed by atoms with Crippen LogP contribution < -0.4 is 10.1 Å². The zero-order valence-electron chi connectivity index (χ0n) is 16.0. The Morgan fingerprint density at radius 2 is 1.83 bits per heavy atom. The lowest BCUT2D eigenvalue weighted by atomic mass is 10.1. The van der Waals surface area contributed by atoms with Crippen LogP contribution in [0.2, 0.25) is 0 Å². The van der Waals surface area contributed by atoms with Crippen LogP contribution in [-0.4, -0.2) is 29.5 Å². The van der Waals surface area contributed by atoms with Crippen LogP contribution in [0.5, 0.6) is 5.75 Å². The molecule has 7 heteroatoms. The lowest BCUT2D eigenvalue weighted by Gasteiger charge is -2.14. The highest BCUT2D eigenvalue weighted by atomic mass is 19.1. The summed E-state index contributed by atoms with van der Waals surface area (Å²) in [5, 5.41) is 17.8. The Morgan fingerprint density at radius 1 is 1.00 bits per heavy atom. The van der Waals surface area contributed by atoms with E-state index in [2.05, 4.69) is 10.5 Å². The van der Waals surface area contributed by atoms with Crippen LogP contribution in [0.15, 0.2) is 71.3 Å². The number of ether oxygens (including phenoxy) is 1. The number of rotatable bonds is 8. The molecule has 3 aromatic carbocycles. The molecule has 0 saturated heterocycles. The van der Waals surface area contributed by atoms with E-state index in [1.54, 1.807) is 30.3 Å². The maximum Gasteiger partial charge on any atom is 0.174 e. The molecule has 4 aromatic rings. The van der Waals surface area contributed by atoms with Crippen LogP contribution in [0.1, 0.15) is 5.56 Å². The molecule has 30 heavy (non-hydrogen) atoms. The molecule has 0 radical (unpaired) electrons. The molecule has 0 aliphatic carbocycles. The van der Waals surface area contributed by atoms with Crippen molar-refractivity contribution in [3.8, 4) is 17.1 Å². The molecule has 0 fully saturated rings. The molecule has 0 amide bonds. The van der Waals surface area contributed by atoms with Crippen molar-refractivity contribution in [1.29, 1.82) is 0 Å². The highest BCUT2D eigenvalue weighted by molar-refractivity contribution is 5.91. The van der Waals surface area contributed by atoms with E-state index >= 15 is 0 Å². The van der Waals surface area contributed by atoms with E-state index in [1.165, 1.54) is 24.3 Å². The van der Waals surface area contributed by atoms with Crippen molar-refractivity contribution in [1.82, 2.24) is 10.5 Å². The topological polar surface area (TPSA) is 67.5 Å². The zero-order chi connectivity index (χ0) is 20.9. The molecule has 4 rings (SSSR count). The number of nitrogens with one attached hydrogen (secondary N) is 1. The van der Waals surface area contributed by atoms with Crippen LogP contribution in [0, 0.1) is 11.6 Å². The van der Waals surface area contributed by atoms with Crippen molar-refractivity contribution in [3.63, 3.8) is 0 Å². The average Bonchev–Trinajstić information content (AvgIpc) is 3.15. The van der Waals surface area contributed by atoms with Crippen molar-refractivity contribution >= 4 is 10.9 Å². The normalized spacial score (nSPS) is 12.2. The minimum atomic E-state index is -0.740. The monoisotopic (exact) mass is 410 g/mol. The molecule has 2 N–H and O–H groups in total. The van der Waals surface area contributed by atoms with Crippen molar-refractivity contribution < 1.29 is 23.1 Å². The van der Waals surface area contributed by atoms with E-state index in [4.69, 9.17) is 9.26 Å². The molecule has 0 aliphatic heterocycles. The summed E-state index contributed by atoms with van der Waals surface area (Å²) < 4.78 is 37.6.